The molecule has 0 fully saturated rings. The Kier molecular flexibility index (Phi) is 4.11. The van der Waals surface area contributed by atoms with Crippen molar-refractivity contribution < 1.29 is 8.42 Å². The molecular weight excluding hydrogens is 344 g/mol. The molecule has 2 heterocycles. The van der Waals surface area contributed by atoms with Gasteiger partial charge in [-0.3, -0.25) is 4.31 Å². The van der Waals surface area contributed by atoms with E-state index in [1.807, 2.05) is 37.3 Å². The van der Waals surface area contributed by atoms with Crippen LogP contribution in [0.3, 0.4) is 0 Å². The van der Waals surface area contributed by atoms with Gasteiger partial charge < -0.3 is 4.90 Å². The molecule has 1 unspecified atom stereocenters. The summed E-state index contributed by atoms with van der Waals surface area (Å²) < 4.78 is 27.6. The van der Waals surface area contributed by atoms with Crippen LogP contribution in [0.15, 0.2) is 65.7 Å². The monoisotopic (exact) mass is 366 g/mol. The van der Waals surface area contributed by atoms with E-state index in [0.717, 1.165) is 24.1 Å². The van der Waals surface area contributed by atoms with Crippen molar-refractivity contribution in [2.24, 2.45) is 0 Å². The highest BCUT2D eigenvalue weighted by molar-refractivity contribution is 7.92. The van der Waals surface area contributed by atoms with Crippen LogP contribution in [0.5, 0.6) is 0 Å². The quantitative estimate of drug-likeness (QED) is 0.768. The van der Waals surface area contributed by atoms with Crippen LogP contribution in [0.1, 0.15) is 29.2 Å². The summed E-state index contributed by atoms with van der Waals surface area (Å²) in [6.07, 6.45) is 9.41. The molecule has 2 aliphatic rings. The number of aryl methyl sites for hydroxylation is 1. The smallest absolute Gasteiger partial charge is 0.264 e. The molecule has 5 heteroatoms. The van der Waals surface area contributed by atoms with Crippen molar-refractivity contribution in [3.63, 3.8) is 0 Å². The van der Waals surface area contributed by atoms with E-state index in [1.165, 1.54) is 9.87 Å². The molecule has 0 amide bonds. The minimum absolute atomic E-state index is 0.274. The maximum absolute atomic E-state index is 13.1. The van der Waals surface area contributed by atoms with Gasteiger partial charge in [0.25, 0.3) is 10.0 Å². The van der Waals surface area contributed by atoms with Crippen LogP contribution in [-0.4, -0.2) is 26.9 Å². The van der Waals surface area contributed by atoms with Crippen LogP contribution in [-0.2, 0) is 10.0 Å². The molecule has 0 aliphatic carbocycles. The molecule has 26 heavy (non-hydrogen) atoms. The maximum atomic E-state index is 13.1. The molecule has 0 bridgehead atoms. The molecule has 2 aromatic rings. The summed E-state index contributed by atoms with van der Waals surface area (Å²) in [5.41, 5.74) is 3.92. The zero-order chi connectivity index (χ0) is 18.3. The summed E-state index contributed by atoms with van der Waals surface area (Å²) in [4.78, 5) is 2.60. The summed E-state index contributed by atoms with van der Waals surface area (Å²) >= 11 is 0. The first kappa shape index (κ1) is 16.9. The first-order chi connectivity index (χ1) is 12.5. The highest BCUT2D eigenvalue weighted by Gasteiger charge is 2.29. The molecule has 0 N–H and O–H groups in total. The lowest BCUT2D eigenvalue weighted by molar-refractivity contribution is 0.294. The van der Waals surface area contributed by atoms with Crippen molar-refractivity contribution in [2.45, 2.75) is 24.3 Å². The highest BCUT2D eigenvalue weighted by atomic mass is 32.2. The Bertz CT molecular complexity index is 991. The second-order valence-electron chi connectivity index (χ2n) is 6.80. The van der Waals surface area contributed by atoms with E-state index in [1.54, 1.807) is 19.2 Å². The average Bonchev–Trinajstić information content (AvgIpc) is 2.67. The largest absolute Gasteiger partial charge is 0.366 e. The lowest BCUT2D eigenvalue weighted by Crippen LogP contribution is -2.31. The first-order valence-corrected chi connectivity index (χ1v) is 10.2. The standard InChI is InChI=1S/C21H22N2O2S/c1-16-9-11-17(12-10-16)26(24,25)22(2)20-8-5-6-18-19(20)13-15-23-14-4-3-7-21(18)23/h3-6,8-13,15,21H,7,14H2,1-2H3. The van der Waals surface area contributed by atoms with Gasteiger partial charge in [0, 0.05) is 25.4 Å². The number of sulfonamides is 1. The number of nitrogens with zero attached hydrogens (tertiary/aromatic N) is 2. The zero-order valence-electron chi connectivity index (χ0n) is 15.0. The Morgan fingerprint density at radius 2 is 1.85 bits per heavy atom. The molecule has 134 valence electrons. The predicted octanol–water partition coefficient (Wildman–Crippen LogP) is 4.11. The van der Waals surface area contributed by atoms with Gasteiger partial charge in [0.05, 0.1) is 16.6 Å². The van der Waals surface area contributed by atoms with Gasteiger partial charge in [-0.05, 0) is 43.2 Å². The molecule has 2 aromatic carbocycles. The van der Waals surface area contributed by atoms with Crippen LogP contribution in [0.4, 0.5) is 5.69 Å². The van der Waals surface area contributed by atoms with Gasteiger partial charge in [0.1, 0.15) is 0 Å². The van der Waals surface area contributed by atoms with Crippen LogP contribution < -0.4 is 4.31 Å². The van der Waals surface area contributed by atoms with Gasteiger partial charge in [-0.2, -0.15) is 0 Å². The van der Waals surface area contributed by atoms with Crippen molar-refractivity contribution in [1.29, 1.82) is 0 Å². The van der Waals surface area contributed by atoms with Gasteiger partial charge in [0.15, 0.2) is 0 Å². The van der Waals surface area contributed by atoms with Crippen LogP contribution in [0, 0.1) is 6.92 Å². The minimum Gasteiger partial charge on any atom is -0.366 e. The number of hydrogen-bond donors (Lipinski definition) is 0. The Morgan fingerprint density at radius 1 is 1.08 bits per heavy atom. The highest BCUT2D eigenvalue weighted by Crippen LogP contribution is 2.39. The second-order valence-corrected chi connectivity index (χ2v) is 8.77. The van der Waals surface area contributed by atoms with E-state index < -0.39 is 10.0 Å². The molecule has 4 nitrogen and oxygen atoms in total. The fourth-order valence-electron chi connectivity index (χ4n) is 3.64. The molecule has 4 rings (SSSR count). The van der Waals surface area contributed by atoms with Gasteiger partial charge in [-0.1, -0.05) is 42.0 Å². The summed E-state index contributed by atoms with van der Waals surface area (Å²) in [6, 6.07) is 13.2. The summed E-state index contributed by atoms with van der Waals surface area (Å²) in [7, 11) is -1.97. The average molecular weight is 366 g/mol. The molecule has 0 saturated carbocycles. The number of hydrogen-bond acceptors (Lipinski definition) is 3. The Morgan fingerprint density at radius 3 is 2.62 bits per heavy atom. The zero-order valence-corrected chi connectivity index (χ0v) is 15.8. The Balaban J connectivity index is 1.77. The molecule has 2 aliphatic heterocycles. The number of benzene rings is 2. The third-order valence-electron chi connectivity index (χ3n) is 5.17. The van der Waals surface area contributed by atoms with E-state index in [9.17, 15) is 8.42 Å². The first-order valence-electron chi connectivity index (χ1n) is 8.76. The third-order valence-corrected chi connectivity index (χ3v) is 6.96. The normalized spacial score (nSPS) is 18.4. The molecular formula is C21H22N2O2S. The van der Waals surface area contributed by atoms with Crippen molar-refractivity contribution in [2.75, 3.05) is 17.9 Å². The Hall–Kier alpha value is -2.53. The van der Waals surface area contributed by atoms with E-state index in [0.29, 0.717) is 10.6 Å². The summed E-state index contributed by atoms with van der Waals surface area (Å²) in [5, 5.41) is 0. The van der Waals surface area contributed by atoms with Crippen LogP contribution in [0.2, 0.25) is 0 Å². The lowest BCUT2D eigenvalue weighted by Gasteiger charge is -2.37. The van der Waals surface area contributed by atoms with Gasteiger partial charge in [-0.15, -0.1) is 0 Å². The molecule has 0 aromatic heterocycles. The molecule has 0 spiro atoms. The minimum atomic E-state index is -3.60. The summed E-state index contributed by atoms with van der Waals surface area (Å²) in [5.74, 6) is 0. The number of anilines is 1. The Labute approximate surface area is 155 Å². The predicted molar refractivity (Wildman–Crippen MR) is 105 cm³/mol. The lowest BCUT2D eigenvalue weighted by atomic mass is 9.91. The third kappa shape index (κ3) is 2.72. The summed E-state index contributed by atoms with van der Waals surface area (Å²) in [6.45, 7) is 2.84. The van der Waals surface area contributed by atoms with Crippen LogP contribution >= 0.6 is 0 Å². The number of rotatable bonds is 3. The van der Waals surface area contributed by atoms with Crippen molar-refractivity contribution >= 4 is 21.8 Å². The topological polar surface area (TPSA) is 40.6 Å². The van der Waals surface area contributed by atoms with E-state index in [2.05, 4.69) is 29.3 Å². The SMILES string of the molecule is Cc1ccc(S(=O)(=O)N(C)c2cccc3c2C=CN2CC=CCC32)cc1. The molecule has 1 atom stereocenters. The van der Waals surface area contributed by atoms with E-state index >= 15 is 0 Å². The maximum Gasteiger partial charge on any atom is 0.264 e. The number of fused-ring (bicyclic) bond motifs is 3. The fraction of sp³-hybridized carbons (Fsp3) is 0.238. The van der Waals surface area contributed by atoms with Gasteiger partial charge >= 0.3 is 0 Å². The van der Waals surface area contributed by atoms with E-state index in [4.69, 9.17) is 0 Å². The fourth-order valence-corrected chi connectivity index (χ4v) is 4.85. The van der Waals surface area contributed by atoms with Crippen molar-refractivity contribution in [3.05, 3.63) is 77.5 Å². The van der Waals surface area contributed by atoms with Crippen molar-refractivity contribution in [1.82, 2.24) is 4.90 Å². The van der Waals surface area contributed by atoms with Gasteiger partial charge in [0.2, 0.25) is 0 Å². The molecule has 0 radical (unpaired) electrons. The molecule has 0 saturated heterocycles. The van der Waals surface area contributed by atoms with E-state index in [-0.39, 0.29) is 6.04 Å². The van der Waals surface area contributed by atoms with Crippen molar-refractivity contribution in [3.8, 4) is 0 Å². The van der Waals surface area contributed by atoms with Crippen LogP contribution in [0.25, 0.3) is 6.08 Å². The van der Waals surface area contributed by atoms with Gasteiger partial charge in [-0.25, -0.2) is 8.42 Å². The second kappa shape index (κ2) is 6.32.